The van der Waals surface area contributed by atoms with Crippen LogP contribution in [-0.2, 0) is 14.4 Å². The lowest BCUT2D eigenvalue weighted by molar-refractivity contribution is -0.143. The van der Waals surface area contributed by atoms with Gasteiger partial charge in [-0.05, 0) is 12.3 Å². The molecule has 3 atom stereocenters. The van der Waals surface area contributed by atoms with Gasteiger partial charge in [0.15, 0.2) is 0 Å². The second-order valence-electron chi connectivity index (χ2n) is 5.06. The van der Waals surface area contributed by atoms with E-state index in [1.807, 2.05) is 19.2 Å². The molecule has 9 nitrogen and oxygen atoms in total. The Morgan fingerprint density at radius 3 is 1.86 bits per heavy atom. The van der Waals surface area contributed by atoms with Crippen LogP contribution in [0.1, 0.15) is 20.3 Å². The smallest absolute Gasteiger partial charge is 0.328 e. The fourth-order valence-electron chi connectivity index (χ4n) is 1.55. The molecule has 21 heavy (non-hydrogen) atoms. The highest BCUT2D eigenvalue weighted by atomic mass is 16.4. The molecule has 2 amide bonds. The molecule has 0 radical (unpaired) electrons. The molecule has 0 aromatic rings. The quantitative estimate of drug-likeness (QED) is 0.272. The highest BCUT2D eigenvalue weighted by molar-refractivity contribution is 5.91. The van der Waals surface area contributed by atoms with Crippen molar-refractivity contribution in [2.24, 2.45) is 11.7 Å². The summed E-state index contributed by atoms with van der Waals surface area (Å²) in [6.07, 6.45) is 0.403. The average molecular weight is 305 g/mol. The molecule has 0 spiro atoms. The second-order valence-corrected chi connectivity index (χ2v) is 5.06. The van der Waals surface area contributed by atoms with E-state index in [0.717, 1.165) is 0 Å². The van der Waals surface area contributed by atoms with E-state index in [9.17, 15) is 14.4 Å². The normalized spacial score (nSPS) is 15.1. The van der Waals surface area contributed by atoms with Gasteiger partial charge in [0.2, 0.25) is 11.8 Å². The highest BCUT2D eigenvalue weighted by Gasteiger charge is 2.27. The van der Waals surface area contributed by atoms with Gasteiger partial charge < -0.3 is 31.7 Å². The maximum absolute atomic E-state index is 11.7. The molecular weight excluding hydrogens is 282 g/mol. The number of aliphatic hydroxyl groups is 2. The number of hydrogen-bond acceptors (Lipinski definition) is 6. The number of rotatable bonds is 9. The minimum Gasteiger partial charge on any atom is -0.480 e. The molecule has 0 saturated heterocycles. The van der Waals surface area contributed by atoms with Gasteiger partial charge in [-0.2, -0.15) is 0 Å². The zero-order valence-corrected chi connectivity index (χ0v) is 12.1. The van der Waals surface area contributed by atoms with E-state index in [1.54, 1.807) is 0 Å². The predicted octanol–water partition coefficient (Wildman–Crippen LogP) is -2.60. The zero-order chi connectivity index (χ0) is 16.6. The summed E-state index contributed by atoms with van der Waals surface area (Å²) in [4.78, 5) is 34.2. The first-order valence-electron chi connectivity index (χ1n) is 6.53. The number of amides is 2. The summed E-state index contributed by atoms with van der Waals surface area (Å²) in [5.41, 5.74) is 5.64. The van der Waals surface area contributed by atoms with Crippen LogP contribution in [0.15, 0.2) is 0 Å². The molecule has 122 valence electrons. The van der Waals surface area contributed by atoms with Crippen molar-refractivity contribution in [1.82, 2.24) is 10.6 Å². The van der Waals surface area contributed by atoms with Crippen LogP contribution in [-0.4, -0.2) is 64.4 Å². The number of carbonyl (C=O) groups excluding carboxylic acids is 2. The first-order chi connectivity index (χ1) is 9.72. The van der Waals surface area contributed by atoms with Crippen molar-refractivity contribution >= 4 is 17.8 Å². The fraction of sp³-hybridized carbons (Fsp3) is 0.750. The topological polar surface area (TPSA) is 162 Å². The number of carboxylic acid groups (broad SMARTS) is 1. The SMILES string of the molecule is CC(C)CC(N)C(=O)NC(CO)C(=O)NC(CO)C(=O)O. The first kappa shape index (κ1) is 19.3. The van der Waals surface area contributed by atoms with Crippen molar-refractivity contribution in [3.8, 4) is 0 Å². The van der Waals surface area contributed by atoms with Crippen LogP contribution in [0.3, 0.4) is 0 Å². The molecule has 9 heteroatoms. The Hall–Kier alpha value is -1.71. The largest absolute Gasteiger partial charge is 0.480 e. The van der Waals surface area contributed by atoms with E-state index in [0.29, 0.717) is 6.42 Å². The molecule has 0 rings (SSSR count). The number of carbonyl (C=O) groups is 3. The molecule has 0 aromatic heterocycles. The van der Waals surface area contributed by atoms with Gasteiger partial charge in [-0.3, -0.25) is 9.59 Å². The molecule has 0 heterocycles. The third-order valence-electron chi connectivity index (χ3n) is 2.67. The molecule has 0 saturated carbocycles. The van der Waals surface area contributed by atoms with Crippen LogP contribution in [0.5, 0.6) is 0 Å². The van der Waals surface area contributed by atoms with Crippen LogP contribution in [0.25, 0.3) is 0 Å². The molecule has 3 unspecified atom stereocenters. The average Bonchev–Trinajstić information content (AvgIpc) is 2.40. The van der Waals surface area contributed by atoms with E-state index in [4.69, 9.17) is 21.1 Å². The number of nitrogens with one attached hydrogen (secondary N) is 2. The number of aliphatic hydroxyl groups excluding tert-OH is 2. The zero-order valence-electron chi connectivity index (χ0n) is 12.1. The molecule has 0 fully saturated rings. The standard InChI is InChI=1S/C12H23N3O6/c1-6(2)3-7(13)10(18)14-8(4-16)11(19)15-9(5-17)12(20)21/h6-9,16-17H,3-5,13H2,1-2H3,(H,14,18)(H,15,19)(H,20,21). The maximum Gasteiger partial charge on any atom is 0.328 e. The lowest BCUT2D eigenvalue weighted by atomic mass is 10.0. The Morgan fingerprint density at radius 1 is 1.00 bits per heavy atom. The Morgan fingerprint density at radius 2 is 1.48 bits per heavy atom. The Kier molecular flexibility index (Phi) is 8.51. The monoisotopic (exact) mass is 305 g/mol. The fourth-order valence-corrected chi connectivity index (χ4v) is 1.55. The van der Waals surface area contributed by atoms with Gasteiger partial charge in [0, 0.05) is 0 Å². The minimum atomic E-state index is -1.51. The van der Waals surface area contributed by atoms with Crippen molar-refractivity contribution in [3.63, 3.8) is 0 Å². The Bertz CT molecular complexity index is 374. The van der Waals surface area contributed by atoms with E-state index in [2.05, 4.69) is 5.32 Å². The molecule has 0 bridgehead atoms. The van der Waals surface area contributed by atoms with Gasteiger partial charge >= 0.3 is 5.97 Å². The van der Waals surface area contributed by atoms with E-state index in [-0.39, 0.29) is 5.92 Å². The van der Waals surface area contributed by atoms with Crippen LogP contribution in [0.4, 0.5) is 0 Å². The minimum absolute atomic E-state index is 0.179. The molecule has 7 N–H and O–H groups in total. The van der Waals surface area contributed by atoms with Crippen LogP contribution < -0.4 is 16.4 Å². The van der Waals surface area contributed by atoms with Crippen molar-refractivity contribution in [1.29, 1.82) is 0 Å². The molecular formula is C12H23N3O6. The van der Waals surface area contributed by atoms with E-state index >= 15 is 0 Å². The van der Waals surface area contributed by atoms with Gasteiger partial charge in [0.1, 0.15) is 12.1 Å². The van der Waals surface area contributed by atoms with Crippen molar-refractivity contribution in [2.75, 3.05) is 13.2 Å². The summed E-state index contributed by atoms with van der Waals surface area (Å²) in [6.45, 7) is 2.23. The lowest BCUT2D eigenvalue weighted by Crippen LogP contribution is -2.56. The Labute approximate surface area is 122 Å². The van der Waals surface area contributed by atoms with Crippen molar-refractivity contribution in [2.45, 2.75) is 38.4 Å². The number of carboxylic acids is 1. The third-order valence-corrected chi connectivity index (χ3v) is 2.67. The van der Waals surface area contributed by atoms with Gasteiger partial charge in [-0.15, -0.1) is 0 Å². The van der Waals surface area contributed by atoms with Crippen molar-refractivity contribution < 1.29 is 29.7 Å². The van der Waals surface area contributed by atoms with Crippen molar-refractivity contribution in [3.05, 3.63) is 0 Å². The number of nitrogens with two attached hydrogens (primary N) is 1. The predicted molar refractivity (Wildman–Crippen MR) is 73.1 cm³/mol. The molecule has 0 aliphatic heterocycles. The summed E-state index contributed by atoms with van der Waals surface area (Å²) in [5.74, 6) is -2.78. The highest BCUT2D eigenvalue weighted by Crippen LogP contribution is 2.03. The van der Waals surface area contributed by atoms with Gasteiger partial charge in [-0.25, -0.2) is 4.79 Å². The number of hydrogen-bond donors (Lipinski definition) is 6. The lowest BCUT2D eigenvalue weighted by Gasteiger charge is -2.21. The van der Waals surface area contributed by atoms with Crippen LogP contribution in [0.2, 0.25) is 0 Å². The summed E-state index contributed by atoms with van der Waals surface area (Å²) in [7, 11) is 0. The van der Waals surface area contributed by atoms with Crippen LogP contribution in [0, 0.1) is 5.92 Å². The first-order valence-corrected chi connectivity index (χ1v) is 6.53. The number of aliphatic carboxylic acids is 1. The van der Waals surface area contributed by atoms with E-state index in [1.165, 1.54) is 0 Å². The molecule has 0 aliphatic carbocycles. The maximum atomic E-state index is 11.7. The molecule has 0 aliphatic rings. The van der Waals surface area contributed by atoms with Gasteiger partial charge in [-0.1, -0.05) is 13.8 Å². The van der Waals surface area contributed by atoms with Crippen LogP contribution >= 0.6 is 0 Å². The summed E-state index contributed by atoms with van der Waals surface area (Å²) >= 11 is 0. The summed E-state index contributed by atoms with van der Waals surface area (Å²) < 4.78 is 0. The molecule has 0 aromatic carbocycles. The summed E-state index contributed by atoms with van der Waals surface area (Å²) in [6, 6.07) is -3.67. The van der Waals surface area contributed by atoms with Gasteiger partial charge in [0.05, 0.1) is 19.3 Å². The summed E-state index contributed by atoms with van der Waals surface area (Å²) in [5, 5.41) is 30.8. The Balaban J connectivity index is 4.59. The van der Waals surface area contributed by atoms with Gasteiger partial charge in [0.25, 0.3) is 0 Å². The third kappa shape index (κ3) is 7.02. The second kappa shape index (κ2) is 9.27. The van der Waals surface area contributed by atoms with E-state index < -0.39 is 49.1 Å².